The van der Waals surface area contributed by atoms with Crippen LogP contribution in [0.1, 0.15) is 26.0 Å². The topological polar surface area (TPSA) is 79.0 Å². The Morgan fingerprint density at radius 2 is 2.33 bits per heavy atom. The van der Waals surface area contributed by atoms with Gasteiger partial charge in [0.2, 0.25) is 0 Å². The molecule has 3 N–H and O–H groups in total. The molecule has 0 aliphatic rings. The zero-order valence-corrected chi connectivity index (χ0v) is 13.0. The molecule has 0 fully saturated rings. The third kappa shape index (κ3) is 8.37. The minimum Gasteiger partial charge on any atom is -0.469 e. The van der Waals surface area contributed by atoms with E-state index in [2.05, 4.69) is 29.5 Å². The van der Waals surface area contributed by atoms with Crippen LogP contribution in [-0.2, 0) is 11.2 Å². The highest BCUT2D eigenvalue weighted by atomic mass is 16.5. The number of nitrogens with zero attached hydrogens (tertiary/aromatic N) is 1. The lowest BCUT2D eigenvalue weighted by atomic mass is 10.3. The van der Waals surface area contributed by atoms with Gasteiger partial charge < -0.3 is 24.9 Å². The molecule has 6 nitrogen and oxygen atoms in total. The Morgan fingerprint density at radius 1 is 1.48 bits per heavy atom. The summed E-state index contributed by atoms with van der Waals surface area (Å²) in [6, 6.07) is 4.21. The fourth-order valence-corrected chi connectivity index (χ4v) is 1.64. The molecule has 1 heterocycles. The molecule has 21 heavy (non-hydrogen) atoms. The molecule has 0 aromatic carbocycles. The fraction of sp³-hybridized carbons (Fsp3) is 0.667. The first-order chi connectivity index (χ1) is 10.3. The van der Waals surface area contributed by atoms with Crippen LogP contribution in [0.3, 0.4) is 0 Å². The normalized spacial score (nSPS) is 13.2. The maximum Gasteiger partial charge on any atom is 0.191 e. The van der Waals surface area contributed by atoms with E-state index in [0.717, 1.165) is 31.1 Å². The van der Waals surface area contributed by atoms with Crippen LogP contribution >= 0.6 is 0 Å². The SMILES string of the molecule is CCC(C)NC(=NCCOCCO)NCCc1ccco1. The smallest absolute Gasteiger partial charge is 0.191 e. The minimum atomic E-state index is 0.0447. The minimum absolute atomic E-state index is 0.0447. The second-order valence-electron chi connectivity index (χ2n) is 4.78. The maximum atomic E-state index is 8.64. The molecule has 0 aliphatic heterocycles. The van der Waals surface area contributed by atoms with Gasteiger partial charge in [0.25, 0.3) is 0 Å². The van der Waals surface area contributed by atoms with Crippen LogP contribution in [0.2, 0.25) is 0 Å². The largest absolute Gasteiger partial charge is 0.469 e. The summed E-state index contributed by atoms with van der Waals surface area (Å²) in [6.07, 6.45) is 3.52. The molecule has 1 rings (SSSR count). The van der Waals surface area contributed by atoms with Gasteiger partial charge in [-0.15, -0.1) is 0 Å². The van der Waals surface area contributed by atoms with Gasteiger partial charge >= 0.3 is 0 Å². The Morgan fingerprint density at radius 3 is 3.00 bits per heavy atom. The van der Waals surface area contributed by atoms with Crippen molar-refractivity contribution in [1.29, 1.82) is 0 Å². The third-order valence-electron chi connectivity index (χ3n) is 2.98. The summed E-state index contributed by atoms with van der Waals surface area (Å²) < 4.78 is 10.5. The highest BCUT2D eigenvalue weighted by Gasteiger charge is 2.04. The van der Waals surface area contributed by atoms with Gasteiger partial charge in [-0.3, -0.25) is 4.99 Å². The van der Waals surface area contributed by atoms with E-state index in [-0.39, 0.29) is 6.61 Å². The van der Waals surface area contributed by atoms with Crippen molar-refractivity contribution in [2.75, 3.05) is 32.9 Å². The Balaban J connectivity index is 2.33. The Hall–Kier alpha value is -1.53. The van der Waals surface area contributed by atoms with E-state index in [1.165, 1.54) is 0 Å². The van der Waals surface area contributed by atoms with Gasteiger partial charge in [0, 0.05) is 19.0 Å². The highest BCUT2D eigenvalue weighted by molar-refractivity contribution is 5.80. The molecule has 120 valence electrons. The number of ether oxygens (including phenoxy) is 1. The average Bonchev–Trinajstić information content (AvgIpc) is 2.99. The number of hydrogen-bond donors (Lipinski definition) is 3. The van der Waals surface area contributed by atoms with Crippen molar-refractivity contribution in [1.82, 2.24) is 10.6 Å². The molecular formula is C15H27N3O3. The van der Waals surface area contributed by atoms with Crippen LogP contribution in [0.25, 0.3) is 0 Å². The number of rotatable bonds is 10. The van der Waals surface area contributed by atoms with E-state index in [1.807, 2.05) is 12.1 Å². The first-order valence-corrected chi connectivity index (χ1v) is 7.52. The molecule has 0 spiro atoms. The molecule has 0 saturated carbocycles. The van der Waals surface area contributed by atoms with Crippen molar-refractivity contribution in [3.63, 3.8) is 0 Å². The molecular weight excluding hydrogens is 270 g/mol. The lowest BCUT2D eigenvalue weighted by Gasteiger charge is -2.16. The lowest BCUT2D eigenvalue weighted by molar-refractivity contribution is 0.0977. The lowest BCUT2D eigenvalue weighted by Crippen LogP contribution is -2.43. The van der Waals surface area contributed by atoms with Crippen molar-refractivity contribution >= 4 is 5.96 Å². The van der Waals surface area contributed by atoms with Crippen LogP contribution in [0, 0.1) is 0 Å². The molecule has 0 aliphatic carbocycles. The fourth-order valence-electron chi connectivity index (χ4n) is 1.64. The van der Waals surface area contributed by atoms with E-state index < -0.39 is 0 Å². The number of aliphatic hydroxyl groups is 1. The van der Waals surface area contributed by atoms with Gasteiger partial charge in [0.1, 0.15) is 5.76 Å². The molecule has 0 radical (unpaired) electrons. The van der Waals surface area contributed by atoms with E-state index in [9.17, 15) is 0 Å². The van der Waals surface area contributed by atoms with Crippen LogP contribution in [0.5, 0.6) is 0 Å². The van der Waals surface area contributed by atoms with Gasteiger partial charge in [-0.1, -0.05) is 6.92 Å². The van der Waals surface area contributed by atoms with Crippen molar-refractivity contribution in [2.24, 2.45) is 4.99 Å². The standard InChI is InChI=1S/C15H27N3O3/c1-3-13(2)18-15(17-8-11-20-12-9-19)16-7-6-14-5-4-10-21-14/h4-5,10,13,19H,3,6-9,11-12H2,1-2H3,(H2,16,17,18). The number of nitrogens with one attached hydrogen (secondary N) is 2. The molecule has 1 aromatic heterocycles. The van der Waals surface area contributed by atoms with Crippen molar-refractivity contribution < 1.29 is 14.3 Å². The Bertz CT molecular complexity index is 380. The van der Waals surface area contributed by atoms with E-state index in [4.69, 9.17) is 14.3 Å². The van der Waals surface area contributed by atoms with E-state index >= 15 is 0 Å². The summed E-state index contributed by atoms with van der Waals surface area (Å²) in [6.45, 7) is 6.47. The number of guanidine groups is 1. The Labute approximate surface area is 126 Å². The van der Waals surface area contributed by atoms with Crippen LogP contribution in [-0.4, -0.2) is 50.0 Å². The van der Waals surface area contributed by atoms with Crippen LogP contribution < -0.4 is 10.6 Å². The van der Waals surface area contributed by atoms with Gasteiger partial charge in [-0.2, -0.15) is 0 Å². The van der Waals surface area contributed by atoms with Crippen molar-refractivity contribution in [3.05, 3.63) is 24.2 Å². The van der Waals surface area contributed by atoms with E-state index in [0.29, 0.717) is 25.8 Å². The summed E-state index contributed by atoms with van der Waals surface area (Å²) in [5.74, 6) is 1.74. The number of hydrogen-bond acceptors (Lipinski definition) is 4. The Kier molecular flexibility index (Phi) is 9.32. The van der Waals surface area contributed by atoms with Crippen molar-refractivity contribution in [3.8, 4) is 0 Å². The number of aliphatic imine (C=N–C) groups is 1. The molecule has 1 atom stereocenters. The zero-order chi connectivity index (χ0) is 15.3. The summed E-state index contributed by atoms with van der Waals surface area (Å²) in [7, 11) is 0. The monoisotopic (exact) mass is 297 g/mol. The summed E-state index contributed by atoms with van der Waals surface area (Å²) in [4.78, 5) is 4.46. The quantitative estimate of drug-likeness (QED) is 0.343. The average molecular weight is 297 g/mol. The second kappa shape index (κ2) is 11.2. The predicted molar refractivity (Wildman–Crippen MR) is 83.5 cm³/mol. The van der Waals surface area contributed by atoms with Crippen LogP contribution in [0.4, 0.5) is 0 Å². The van der Waals surface area contributed by atoms with Gasteiger partial charge in [0.15, 0.2) is 5.96 Å². The molecule has 1 aromatic rings. The summed E-state index contributed by atoms with van der Waals surface area (Å²) in [5.41, 5.74) is 0. The zero-order valence-electron chi connectivity index (χ0n) is 13.0. The first-order valence-electron chi connectivity index (χ1n) is 7.52. The van der Waals surface area contributed by atoms with Gasteiger partial charge in [-0.05, 0) is 25.5 Å². The highest BCUT2D eigenvalue weighted by Crippen LogP contribution is 1.99. The predicted octanol–water partition coefficient (Wildman–Crippen LogP) is 1.16. The van der Waals surface area contributed by atoms with E-state index in [1.54, 1.807) is 6.26 Å². The molecule has 0 amide bonds. The van der Waals surface area contributed by atoms with Gasteiger partial charge in [-0.25, -0.2) is 0 Å². The first kappa shape index (κ1) is 17.5. The second-order valence-corrected chi connectivity index (χ2v) is 4.78. The van der Waals surface area contributed by atoms with Gasteiger partial charge in [0.05, 0.1) is 32.6 Å². The molecule has 6 heteroatoms. The molecule has 0 saturated heterocycles. The van der Waals surface area contributed by atoms with Crippen LogP contribution in [0.15, 0.2) is 27.8 Å². The number of aliphatic hydroxyl groups excluding tert-OH is 1. The van der Waals surface area contributed by atoms with Crippen molar-refractivity contribution in [2.45, 2.75) is 32.7 Å². The molecule has 0 bridgehead atoms. The third-order valence-corrected chi connectivity index (χ3v) is 2.98. The summed E-state index contributed by atoms with van der Waals surface area (Å²) >= 11 is 0. The maximum absolute atomic E-state index is 8.64. The molecule has 1 unspecified atom stereocenters. The number of furan rings is 1. The summed E-state index contributed by atoms with van der Waals surface area (Å²) in [5, 5.41) is 15.3.